The highest BCUT2D eigenvalue weighted by Gasteiger charge is 2.20. The molecule has 0 saturated heterocycles. The molecular formula is C23H19FN2O6S. The molecule has 10 heteroatoms. The highest BCUT2D eigenvalue weighted by molar-refractivity contribution is 7.11. The normalized spacial score (nSPS) is 11.1. The third-order valence-corrected chi connectivity index (χ3v) is 5.42. The van der Waals surface area contributed by atoms with Crippen molar-refractivity contribution in [2.45, 2.75) is 6.92 Å². The molecule has 0 saturated carbocycles. The number of carbonyl (C=O) groups is 2. The van der Waals surface area contributed by atoms with Crippen molar-refractivity contribution in [3.63, 3.8) is 0 Å². The first-order valence-electron chi connectivity index (χ1n) is 9.59. The van der Waals surface area contributed by atoms with Gasteiger partial charge < -0.3 is 14.8 Å². The average molecular weight is 470 g/mol. The number of nitrogens with zero attached hydrogens (tertiary/aromatic N) is 1. The van der Waals surface area contributed by atoms with Gasteiger partial charge in [0.05, 0.1) is 17.6 Å². The molecule has 170 valence electrons. The maximum Gasteiger partial charge on any atom is 0.340 e. The summed E-state index contributed by atoms with van der Waals surface area (Å²) in [5, 5.41) is 15.5. The van der Waals surface area contributed by atoms with E-state index in [2.05, 4.69) is 5.32 Å². The lowest BCUT2D eigenvalue weighted by Crippen LogP contribution is -2.21. The number of hydrogen-bond donors (Lipinski definition) is 1. The second kappa shape index (κ2) is 10.5. The molecule has 0 fully saturated rings. The molecule has 3 aromatic rings. The minimum atomic E-state index is -0.727. The van der Waals surface area contributed by atoms with Crippen LogP contribution in [0.1, 0.15) is 16.0 Å². The highest BCUT2D eigenvalue weighted by Crippen LogP contribution is 2.32. The van der Waals surface area contributed by atoms with Crippen molar-refractivity contribution in [1.82, 2.24) is 0 Å². The number of anilines is 1. The van der Waals surface area contributed by atoms with Gasteiger partial charge in [0.1, 0.15) is 5.82 Å². The van der Waals surface area contributed by atoms with Crippen LogP contribution in [0.4, 0.5) is 15.8 Å². The van der Waals surface area contributed by atoms with Crippen LogP contribution in [0.2, 0.25) is 0 Å². The van der Waals surface area contributed by atoms with Crippen LogP contribution in [0.5, 0.6) is 5.75 Å². The summed E-state index contributed by atoms with van der Waals surface area (Å²) in [6.45, 7) is 1.01. The molecule has 0 aliphatic carbocycles. The number of benzene rings is 2. The number of aryl methyl sites for hydroxylation is 1. The fourth-order valence-corrected chi connectivity index (χ4v) is 3.63. The molecule has 1 heterocycles. The molecule has 3 rings (SSSR count). The van der Waals surface area contributed by atoms with E-state index in [1.807, 2.05) is 0 Å². The Morgan fingerprint density at radius 1 is 1.21 bits per heavy atom. The number of nitro groups is 1. The number of carbonyl (C=O) groups excluding carboxylic acids is 2. The highest BCUT2D eigenvalue weighted by atomic mass is 32.1. The van der Waals surface area contributed by atoms with Crippen LogP contribution in [-0.4, -0.2) is 30.5 Å². The van der Waals surface area contributed by atoms with Gasteiger partial charge in [-0.15, -0.1) is 11.3 Å². The lowest BCUT2D eigenvalue weighted by atomic mass is 10.1. The Morgan fingerprint density at radius 3 is 2.55 bits per heavy atom. The molecule has 0 radical (unpaired) electrons. The predicted octanol–water partition coefficient (Wildman–Crippen LogP) is 4.83. The Morgan fingerprint density at radius 2 is 1.94 bits per heavy atom. The van der Waals surface area contributed by atoms with Gasteiger partial charge in [0.15, 0.2) is 12.4 Å². The molecule has 0 atom stereocenters. The number of thiophene rings is 1. The first-order chi connectivity index (χ1) is 15.8. The number of ether oxygens (including phenoxy) is 2. The maximum atomic E-state index is 13.2. The van der Waals surface area contributed by atoms with Gasteiger partial charge in [0.2, 0.25) is 0 Å². The number of rotatable bonds is 8. The first-order valence-corrected chi connectivity index (χ1v) is 10.5. The van der Waals surface area contributed by atoms with Gasteiger partial charge in [-0.3, -0.25) is 14.9 Å². The van der Waals surface area contributed by atoms with Crippen LogP contribution in [0.3, 0.4) is 0 Å². The van der Waals surface area contributed by atoms with Gasteiger partial charge in [-0.2, -0.15) is 0 Å². The van der Waals surface area contributed by atoms with Crippen molar-refractivity contribution in [2.24, 2.45) is 0 Å². The molecule has 8 nitrogen and oxygen atoms in total. The minimum Gasteiger partial charge on any atom is -0.490 e. The van der Waals surface area contributed by atoms with Crippen LogP contribution in [-0.2, 0) is 14.3 Å². The topological polar surface area (TPSA) is 108 Å². The zero-order chi connectivity index (χ0) is 24.0. The number of methoxy groups -OCH3 is 1. The van der Waals surface area contributed by atoms with Crippen LogP contribution < -0.4 is 10.1 Å². The van der Waals surface area contributed by atoms with Crippen LogP contribution in [0, 0.1) is 22.9 Å². The molecule has 1 aromatic heterocycles. The summed E-state index contributed by atoms with van der Waals surface area (Å²) in [5.74, 6) is -1.77. The molecule has 0 spiro atoms. The number of esters is 1. The lowest BCUT2D eigenvalue weighted by Gasteiger charge is -2.11. The quantitative estimate of drug-likeness (QED) is 0.219. The molecule has 0 aliphatic heterocycles. The van der Waals surface area contributed by atoms with E-state index in [9.17, 15) is 24.1 Å². The largest absolute Gasteiger partial charge is 0.490 e. The predicted molar refractivity (Wildman–Crippen MR) is 123 cm³/mol. The van der Waals surface area contributed by atoms with Crippen LogP contribution >= 0.6 is 11.3 Å². The molecule has 2 aromatic carbocycles. The maximum absolute atomic E-state index is 13.2. The molecule has 1 amide bonds. The minimum absolute atomic E-state index is 0.0138. The Kier molecular flexibility index (Phi) is 7.52. The fraction of sp³-hybridized carbons (Fsp3) is 0.130. The van der Waals surface area contributed by atoms with E-state index in [1.165, 1.54) is 54.8 Å². The Hall–Kier alpha value is -4.05. The van der Waals surface area contributed by atoms with E-state index >= 15 is 0 Å². The molecular weight excluding hydrogens is 451 g/mol. The standard InChI is InChI=1S/C23H19FN2O6S/c1-14-10-19(26(29)30)20(31-2)12-18(14)25-22(27)13-32-23(28)17(21-4-3-9-33-21)11-15-5-7-16(24)8-6-15/h3-12H,13H2,1-2H3,(H,25,27)/b17-11+. The van der Waals surface area contributed by atoms with Gasteiger partial charge in [0, 0.05) is 22.7 Å². The van der Waals surface area contributed by atoms with E-state index in [4.69, 9.17) is 9.47 Å². The van der Waals surface area contributed by atoms with Gasteiger partial charge in [-0.25, -0.2) is 9.18 Å². The average Bonchev–Trinajstić information content (AvgIpc) is 3.32. The second-order valence-electron chi connectivity index (χ2n) is 6.81. The second-order valence-corrected chi connectivity index (χ2v) is 7.75. The first kappa shape index (κ1) is 23.6. The summed E-state index contributed by atoms with van der Waals surface area (Å²) in [4.78, 5) is 36.2. The molecule has 33 heavy (non-hydrogen) atoms. The van der Waals surface area contributed by atoms with E-state index in [0.29, 0.717) is 21.7 Å². The smallest absolute Gasteiger partial charge is 0.340 e. The van der Waals surface area contributed by atoms with E-state index in [-0.39, 0.29) is 17.0 Å². The fourth-order valence-electron chi connectivity index (χ4n) is 2.90. The third-order valence-electron chi connectivity index (χ3n) is 4.52. The molecule has 1 N–H and O–H groups in total. The van der Waals surface area contributed by atoms with Gasteiger partial charge >= 0.3 is 11.7 Å². The summed E-state index contributed by atoms with van der Waals surface area (Å²) in [6.07, 6.45) is 1.55. The van der Waals surface area contributed by atoms with E-state index < -0.39 is 29.2 Å². The lowest BCUT2D eigenvalue weighted by molar-refractivity contribution is -0.385. The van der Waals surface area contributed by atoms with Crippen molar-refractivity contribution in [2.75, 3.05) is 19.0 Å². The van der Waals surface area contributed by atoms with E-state index in [1.54, 1.807) is 30.5 Å². The van der Waals surface area contributed by atoms with Gasteiger partial charge in [-0.05, 0) is 47.7 Å². The molecule has 0 unspecified atom stereocenters. The van der Waals surface area contributed by atoms with E-state index in [0.717, 1.165) is 0 Å². The number of nitro benzene ring substituents is 1. The third kappa shape index (κ3) is 6.01. The summed E-state index contributed by atoms with van der Waals surface area (Å²) in [6, 6.07) is 11.7. The molecule has 0 aliphatic rings. The number of hydrogen-bond acceptors (Lipinski definition) is 7. The van der Waals surface area contributed by atoms with Crippen molar-refractivity contribution >= 4 is 46.2 Å². The van der Waals surface area contributed by atoms with Crippen molar-refractivity contribution in [3.05, 3.63) is 85.8 Å². The van der Waals surface area contributed by atoms with Crippen molar-refractivity contribution < 1.29 is 28.4 Å². The number of nitrogens with one attached hydrogen (secondary N) is 1. The van der Waals surface area contributed by atoms with Crippen LogP contribution in [0.15, 0.2) is 53.9 Å². The zero-order valence-corrected chi connectivity index (χ0v) is 18.5. The monoisotopic (exact) mass is 470 g/mol. The molecule has 0 bridgehead atoms. The summed E-state index contributed by atoms with van der Waals surface area (Å²) in [7, 11) is 1.28. The number of amides is 1. The van der Waals surface area contributed by atoms with Gasteiger partial charge in [0.25, 0.3) is 5.91 Å². The summed E-state index contributed by atoms with van der Waals surface area (Å²) >= 11 is 1.32. The summed E-state index contributed by atoms with van der Waals surface area (Å²) < 4.78 is 23.4. The Bertz CT molecular complexity index is 1210. The Balaban J connectivity index is 1.72. The SMILES string of the molecule is COc1cc(NC(=O)COC(=O)/C(=C/c2ccc(F)cc2)c2cccs2)c(C)cc1[N+](=O)[O-]. The number of halogens is 1. The van der Waals surface area contributed by atoms with Crippen molar-refractivity contribution in [1.29, 1.82) is 0 Å². The zero-order valence-electron chi connectivity index (χ0n) is 17.7. The summed E-state index contributed by atoms with van der Waals surface area (Å²) in [5.41, 5.74) is 1.31. The Labute approximate surface area is 192 Å². The van der Waals surface area contributed by atoms with Crippen molar-refractivity contribution in [3.8, 4) is 5.75 Å². The van der Waals surface area contributed by atoms with Crippen LogP contribution in [0.25, 0.3) is 11.6 Å². The van der Waals surface area contributed by atoms with Gasteiger partial charge in [-0.1, -0.05) is 18.2 Å².